The molecule has 0 spiro atoms. The number of pyridine rings is 4. The number of aryl methyl sites for hydroxylation is 4. The van der Waals surface area contributed by atoms with Crippen molar-refractivity contribution in [3.8, 4) is 0 Å². The average Bonchev–Trinajstić information content (AvgIpc) is 1.96. The number of benzene rings is 4. The van der Waals surface area contributed by atoms with Gasteiger partial charge in [-0.3, -0.25) is 0 Å². The SMILES string of the molecule is OCCN(CCO)c1ccc(N=Nc2cc[n+](CCCCC[n+]3ccc(N=Nc4ccc(N(CCO)CCO)cc4)cc3)cc2)cc1.OCCN(CCO)c1ccc(N=Nc2cc[n+](CCCC[n+]3ccc(N=Nc4ccc(N(CCO)CCO)cc4)cc3)cc2)cc1. The number of unbranched alkanes of at least 4 members (excludes halogenated alkanes) is 3. The Morgan fingerprint density at radius 1 is 0.204 bits per heavy atom. The fraction of sp³-hybridized carbons (Fsp3) is 0.362. The smallest absolute Gasteiger partial charge is 0.171 e. The Labute approximate surface area is 544 Å². The molecule has 0 unspecified atom stereocenters. The van der Waals surface area contributed by atoms with E-state index in [1.807, 2.05) is 215 Å². The average molecular weight is 1270 g/mol. The minimum absolute atomic E-state index is 0.0243. The van der Waals surface area contributed by atoms with Gasteiger partial charge in [0.2, 0.25) is 0 Å². The van der Waals surface area contributed by atoms with E-state index in [-0.39, 0.29) is 52.9 Å². The van der Waals surface area contributed by atoms with Gasteiger partial charge in [-0.05, 0) is 103 Å². The molecular formula is C69H90N16O8+4. The van der Waals surface area contributed by atoms with E-state index in [9.17, 15) is 40.9 Å². The van der Waals surface area contributed by atoms with Crippen molar-refractivity contribution in [3.63, 3.8) is 0 Å². The largest absolute Gasteiger partial charge is 0.395 e. The van der Waals surface area contributed by atoms with Crippen LogP contribution in [0.4, 0.5) is 68.2 Å². The fourth-order valence-corrected chi connectivity index (χ4v) is 9.84. The maximum Gasteiger partial charge on any atom is 0.171 e. The van der Waals surface area contributed by atoms with Crippen LogP contribution >= 0.6 is 0 Å². The summed E-state index contributed by atoms with van der Waals surface area (Å²) in [6.07, 6.45) is 21.5. The molecule has 490 valence electrons. The van der Waals surface area contributed by atoms with Crippen molar-refractivity contribution in [1.82, 2.24) is 0 Å². The molecule has 8 rings (SSSR count). The van der Waals surface area contributed by atoms with Crippen LogP contribution in [0.15, 0.2) is 236 Å². The van der Waals surface area contributed by atoms with E-state index in [0.29, 0.717) is 52.4 Å². The van der Waals surface area contributed by atoms with Crippen molar-refractivity contribution in [3.05, 3.63) is 195 Å². The van der Waals surface area contributed by atoms with Crippen LogP contribution in [-0.2, 0) is 26.2 Å². The number of nitrogens with zero attached hydrogens (tertiary/aromatic N) is 16. The van der Waals surface area contributed by atoms with Crippen LogP contribution in [0.2, 0.25) is 0 Å². The second kappa shape index (κ2) is 41.3. The third-order valence-corrected chi connectivity index (χ3v) is 14.9. The molecule has 93 heavy (non-hydrogen) atoms. The molecule has 24 nitrogen and oxygen atoms in total. The lowest BCUT2D eigenvalue weighted by atomic mass is 10.2. The molecule has 0 aliphatic heterocycles. The molecule has 0 radical (unpaired) electrons. The molecule has 8 aromatic rings. The van der Waals surface area contributed by atoms with Crippen LogP contribution in [0.1, 0.15) is 32.1 Å². The van der Waals surface area contributed by atoms with Crippen molar-refractivity contribution < 1.29 is 59.1 Å². The van der Waals surface area contributed by atoms with Crippen molar-refractivity contribution in [2.45, 2.75) is 58.3 Å². The van der Waals surface area contributed by atoms with Crippen molar-refractivity contribution in [2.24, 2.45) is 40.9 Å². The first-order chi connectivity index (χ1) is 45.7. The lowest BCUT2D eigenvalue weighted by molar-refractivity contribution is -0.708. The summed E-state index contributed by atoms with van der Waals surface area (Å²) in [6, 6.07) is 45.9. The molecular weight excluding hydrogens is 1180 g/mol. The van der Waals surface area contributed by atoms with Crippen LogP contribution in [-0.4, -0.2) is 146 Å². The van der Waals surface area contributed by atoms with E-state index in [2.05, 4.69) is 59.2 Å². The Morgan fingerprint density at radius 2 is 0.355 bits per heavy atom. The van der Waals surface area contributed by atoms with Gasteiger partial charge < -0.3 is 60.5 Å². The molecule has 0 saturated heterocycles. The van der Waals surface area contributed by atoms with E-state index in [1.165, 1.54) is 0 Å². The van der Waals surface area contributed by atoms with Gasteiger partial charge in [0.15, 0.2) is 49.6 Å². The number of hydrogen-bond acceptors (Lipinski definition) is 20. The first-order valence-electron chi connectivity index (χ1n) is 31.6. The molecule has 8 N–H and O–H groups in total. The highest BCUT2D eigenvalue weighted by atomic mass is 16.3. The van der Waals surface area contributed by atoms with Gasteiger partial charge in [0.25, 0.3) is 0 Å². The zero-order valence-corrected chi connectivity index (χ0v) is 52.9. The number of azo groups is 4. The number of rotatable bonds is 39. The van der Waals surface area contributed by atoms with Gasteiger partial charge in [-0.25, -0.2) is 18.3 Å². The standard InChI is InChI=1S/C35H46N8O4.C34H44N8O4/c44-26-22-42(23-27-45)34-8-4-30(5-9-34)36-38-32-12-18-40(19-13-32)16-2-1-3-17-41-20-14-33(15-21-41)39-37-31-6-10-35(11-7-31)43(24-28-46)25-29-47;43-25-21-41(22-26-44)33-7-3-29(4-8-33)35-37-31-11-17-39(18-12-31)15-1-2-16-40-19-13-32(14-20-40)38-36-30-5-9-34(10-6-30)42(23-27-45)24-28-46/h4-15,18-21,44-47H,1-3,16-17,22-29H2;3-14,17-20,43-46H,1-2,15-16,21-28H2/q2*+2. The summed E-state index contributed by atoms with van der Waals surface area (Å²) in [5.41, 5.74) is 9.73. The summed E-state index contributed by atoms with van der Waals surface area (Å²) in [4.78, 5) is 7.67. The molecule has 0 aliphatic carbocycles. The number of aliphatic hydroxyl groups is 8. The molecule has 4 aromatic carbocycles. The molecule has 24 heteroatoms. The molecule has 4 heterocycles. The Bertz CT molecular complexity index is 3190. The first-order valence-corrected chi connectivity index (χ1v) is 31.6. The van der Waals surface area contributed by atoms with Gasteiger partial charge >= 0.3 is 0 Å². The zero-order valence-electron chi connectivity index (χ0n) is 52.9. The highest BCUT2D eigenvalue weighted by Gasteiger charge is 2.12. The maximum atomic E-state index is 9.23. The van der Waals surface area contributed by atoms with Crippen LogP contribution in [0.3, 0.4) is 0 Å². The second-order valence-electron chi connectivity index (χ2n) is 21.5. The van der Waals surface area contributed by atoms with Crippen molar-refractivity contribution in [1.29, 1.82) is 0 Å². The number of aliphatic hydroxyl groups excluding tert-OH is 8. The Kier molecular flexibility index (Phi) is 31.6. The second-order valence-corrected chi connectivity index (χ2v) is 21.5. The monoisotopic (exact) mass is 1270 g/mol. The quantitative estimate of drug-likeness (QED) is 0.0102. The summed E-state index contributed by atoms with van der Waals surface area (Å²) in [5, 5.41) is 109. The van der Waals surface area contributed by atoms with Crippen LogP contribution in [0.5, 0.6) is 0 Å². The summed E-state index contributed by atoms with van der Waals surface area (Å²) < 4.78 is 8.60. The third kappa shape index (κ3) is 25.4. The van der Waals surface area contributed by atoms with Gasteiger partial charge in [-0.1, -0.05) is 0 Å². The van der Waals surface area contributed by atoms with E-state index >= 15 is 0 Å². The highest BCUT2D eigenvalue weighted by Crippen LogP contribution is 2.26. The number of anilines is 4. The molecule has 0 amide bonds. The minimum Gasteiger partial charge on any atom is -0.395 e. The van der Waals surface area contributed by atoms with Crippen LogP contribution < -0.4 is 37.9 Å². The molecule has 0 fully saturated rings. The zero-order chi connectivity index (χ0) is 65.5. The van der Waals surface area contributed by atoms with Crippen LogP contribution in [0, 0.1) is 0 Å². The van der Waals surface area contributed by atoms with Crippen LogP contribution in [0.25, 0.3) is 0 Å². The minimum atomic E-state index is 0.0243. The maximum absolute atomic E-state index is 9.23. The fourth-order valence-electron chi connectivity index (χ4n) is 9.84. The molecule has 0 aliphatic rings. The highest BCUT2D eigenvalue weighted by molar-refractivity contribution is 5.56. The number of hydrogen-bond donors (Lipinski definition) is 8. The Balaban J connectivity index is 0.000000264. The Hall–Kier alpha value is -9.24. The van der Waals surface area contributed by atoms with E-state index in [0.717, 1.165) is 127 Å². The molecule has 0 atom stereocenters. The van der Waals surface area contributed by atoms with E-state index in [4.69, 9.17) is 0 Å². The molecule has 0 saturated carbocycles. The summed E-state index contributed by atoms with van der Waals surface area (Å²) in [6.45, 7) is 7.59. The Morgan fingerprint density at radius 3 is 0.516 bits per heavy atom. The van der Waals surface area contributed by atoms with Gasteiger partial charge in [-0.2, -0.15) is 40.9 Å². The van der Waals surface area contributed by atoms with Gasteiger partial charge in [0.05, 0.1) is 98.4 Å². The predicted molar refractivity (Wildman–Crippen MR) is 358 cm³/mol. The first kappa shape index (κ1) is 71.2. The van der Waals surface area contributed by atoms with Crippen molar-refractivity contribution >= 4 is 68.2 Å². The van der Waals surface area contributed by atoms with E-state index in [1.54, 1.807) is 0 Å². The summed E-state index contributed by atoms with van der Waals surface area (Å²) in [5.74, 6) is 0. The lowest BCUT2D eigenvalue weighted by Crippen LogP contribution is -2.35. The number of aromatic nitrogens is 4. The molecule has 0 bridgehead atoms. The summed E-state index contributed by atoms with van der Waals surface area (Å²) >= 11 is 0. The van der Waals surface area contributed by atoms with Gasteiger partial charge in [0.1, 0.15) is 26.2 Å². The van der Waals surface area contributed by atoms with Crippen molar-refractivity contribution in [2.75, 3.05) is 125 Å². The van der Waals surface area contributed by atoms with E-state index < -0.39 is 0 Å². The normalized spacial score (nSPS) is 11.5. The lowest BCUT2D eigenvalue weighted by Gasteiger charge is -2.22. The van der Waals surface area contributed by atoms with Gasteiger partial charge in [-0.15, -0.1) is 0 Å². The topological polar surface area (TPSA) is 289 Å². The predicted octanol–water partition coefficient (Wildman–Crippen LogP) is 8.70. The van der Waals surface area contributed by atoms with Gasteiger partial charge in [0, 0.05) is 149 Å². The third-order valence-electron chi connectivity index (χ3n) is 14.9. The summed E-state index contributed by atoms with van der Waals surface area (Å²) in [7, 11) is 0. The molecule has 4 aromatic heterocycles.